The van der Waals surface area contributed by atoms with Crippen molar-refractivity contribution in [3.05, 3.63) is 82.8 Å². The third kappa shape index (κ3) is 2.42. The molecule has 26 heavy (non-hydrogen) atoms. The Kier molecular flexibility index (Phi) is 3.55. The highest BCUT2D eigenvalue weighted by Gasteiger charge is 2.25. The number of benzene rings is 2. The molecule has 0 radical (unpaired) electrons. The first-order valence-corrected chi connectivity index (χ1v) is 8.87. The number of nitrogens with zero attached hydrogens (tertiary/aromatic N) is 1. The van der Waals surface area contributed by atoms with Crippen molar-refractivity contribution in [2.24, 2.45) is 0 Å². The minimum Gasteiger partial charge on any atom is -0.497 e. The highest BCUT2D eigenvalue weighted by molar-refractivity contribution is 6.30. The molecule has 1 aliphatic heterocycles. The molecule has 0 saturated heterocycles. The maximum atomic E-state index is 6.23. The number of fused-ring (bicyclic) bond motifs is 4. The van der Waals surface area contributed by atoms with Crippen molar-refractivity contribution in [1.29, 1.82) is 0 Å². The van der Waals surface area contributed by atoms with Gasteiger partial charge in [0, 0.05) is 28.8 Å². The van der Waals surface area contributed by atoms with E-state index in [1.165, 1.54) is 5.56 Å². The van der Waals surface area contributed by atoms with E-state index in [0.717, 1.165) is 45.4 Å². The zero-order valence-electron chi connectivity index (χ0n) is 14.2. The van der Waals surface area contributed by atoms with Crippen LogP contribution < -0.4 is 10.1 Å². The Balaban J connectivity index is 1.64. The predicted octanol–water partition coefficient (Wildman–Crippen LogP) is 5.08. The zero-order valence-corrected chi connectivity index (χ0v) is 15.0. The molecule has 1 unspecified atom stereocenters. The van der Waals surface area contributed by atoms with Gasteiger partial charge in [0.1, 0.15) is 23.1 Å². The molecular formula is C21H17ClN2O2. The summed E-state index contributed by atoms with van der Waals surface area (Å²) in [5, 5.41) is 5.38. The summed E-state index contributed by atoms with van der Waals surface area (Å²) in [6.45, 7) is 0.735. The maximum Gasteiger partial charge on any atom is 0.134 e. The summed E-state index contributed by atoms with van der Waals surface area (Å²) in [6, 6.07) is 18.1. The molecule has 4 aromatic rings. The average Bonchev–Trinajstić information content (AvgIpc) is 3.26. The number of aromatic nitrogens is 1. The molecule has 5 heteroatoms. The summed E-state index contributed by atoms with van der Waals surface area (Å²) in [5.74, 6) is 1.70. The van der Waals surface area contributed by atoms with E-state index in [0.29, 0.717) is 0 Å². The van der Waals surface area contributed by atoms with Crippen LogP contribution in [0.2, 0.25) is 5.02 Å². The number of methoxy groups -OCH3 is 1. The van der Waals surface area contributed by atoms with Crippen LogP contribution in [-0.2, 0) is 6.54 Å². The summed E-state index contributed by atoms with van der Waals surface area (Å²) in [4.78, 5) is 0. The van der Waals surface area contributed by atoms with Crippen molar-refractivity contribution < 1.29 is 9.15 Å². The van der Waals surface area contributed by atoms with Crippen LogP contribution in [0.25, 0.3) is 16.7 Å². The Hall–Kier alpha value is -2.69. The quantitative estimate of drug-likeness (QED) is 0.539. The first kappa shape index (κ1) is 15.6. The second-order valence-corrected chi connectivity index (χ2v) is 6.88. The molecule has 1 aliphatic rings. The smallest absolute Gasteiger partial charge is 0.134 e. The molecule has 2 aromatic carbocycles. The second kappa shape index (κ2) is 5.94. The van der Waals surface area contributed by atoms with Crippen molar-refractivity contribution in [1.82, 2.24) is 9.88 Å². The lowest BCUT2D eigenvalue weighted by molar-refractivity contribution is 0.415. The standard InChI is InChI=1S/C21H17ClN2O2/c1-25-16-6-7-19-14(9-16)10-20(26-19)21-17-3-2-8-24(17)18-11-15(22)5-4-13(18)12-23-21/h2-11,21,23H,12H2,1H3. The predicted molar refractivity (Wildman–Crippen MR) is 102 cm³/mol. The van der Waals surface area contributed by atoms with E-state index in [-0.39, 0.29) is 6.04 Å². The van der Waals surface area contributed by atoms with Crippen LogP contribution in [0.4, 0.5) is 0 Å². The van der Waals surface area contributed by atoms with Crippen LogP contribution in [0.1, 0.15) is 23.1 Å². The molecule has 1 atom stereocenters. The van der Waals surface area contributed by atoms with Crippen molar-refractivity contribution in [2.75, 3.05) is 7.11 Å². The van der Waals surface area contributed by atoms with Crippen molar-refractivity contribution >= 4 is 22.6 Å². The average molecular weight is 365 g/mol. The van der Waals surface area contributed by atoms with Gasteiger partial charge in [0.15, 0.2) is 0 Å². The second-order valence-electron chi connectivity index (χ2n) is 6.44. The fourth-order valence-electron chi connectivity index (χ4n) is 3.63. The number of rotatable bonds is 2. The molecule has 0 amide bonds. The third-order valence-electron chi connectivity index (χ3n) is 4.91. The molecule has 3 heterocycles. The summed E-state index contributed by atoms with van der Waals surface area (Å²) in [6.07, 6.45) is 2.07. The Morgan fingerprint density at radius 1 is 1.15 bits per heavy atom. The normalized spacial score (nSPS) is 16.2. The molecule has 0 aliphatic carbocycles. The lowest BCUT2D eigenvalue weighted by Gasteiger charge is -2.15. The highest BCUT2D eigenvalue weighted by atomic mass is 35.5. The zero-order chi connectivity index (χ0) is 17.7. The van der Waals surface area contributed by atoms with E-state index in [1.54, 1.807) is 7.11 Å². The SMILES string of the molecule is COc1ccc2oc(C3NCc4ccc(Cl)cc4-n4cccc43)cc2c1. The highest BCUT2D eigenvalue weighted by Crippen LogP contribution is 2.34. The molecule has 130 valence electrons. The fraction of sp³-hybridized carbons (Fsp3) is 0.143. The molecule has 4 nitrogen and oxygen atoms in total. The van der Waals surface area contributed by atoms with Crippen molar-refractivity contribution in [3.63, 3.8) is 0 Å². The number of halogens is 1. The van der Waals surface area contributed by atoms with Gasteiger partial charge in [-0.3, -0.25) is 5.32 Å². The minimum absolute atomic E-state index is 0.0467. The lowest BCUT2D eigenvalue weighted by Crippen LogP contribution is -2.20. The van der Waals surface area contributed by atoms with E-state index in [4.69, 9.17) is 20.8 Å². The summed E-state index contributed by atoms with van der Waals surface area (Å²) in [7, 11) is 1.67. The van der Waals surface area contributed by atoms with Gasteiger partial charge < -0.3 is 13.7 Å². The van der Waals surface area contributed by atoms with Gasteiger partial charge in [0.25, 0.3) is 0 Å². The van der Waals surface area contributed by atoms with Crippen LogP contribution in [-0.4, -0.2) is 11.7 Å². The van der Waals surface area contributed by atoms with Gasteiger partial charge in [-0.1, -0.05) is 17.7 Å². The molecule has 0 spiro atoms. The van der Waals surface area contributed by atoms with Crippen LogP contribution in [0.3, 0.4) is 0 Å². The Bertz CT molecular complexity index is 1110. The largest absolute Gasteiger partial charge is 0.497 e. The van der Waals surface area contributed by atoms with Crippen molar-refractivity contribution in [2.45, 2.75) is 12.6 Å². The van der Waals surface area contributed by atoms with E-state index < -0.39 is 0 Å². The van der Waals surface area contributed by atoms with Crippen LogP contribution in [0.15, 0.2) is 65.2 Å². The topological polar surface area (TPSA) is 39.3 Å². The van der Waals surface area contributed by atoms with Gasteiger partial charge in [0.2, 0.25) is 0 Å². The Morgan fingerprint density at radius 2 is 2.08 bits per heavy atom. The molecule has 0 saturated carbocycles. The van der Waals surface area contributed by atoms with E-state index >= 15 is 0 Å². The number of ether oxygens (including phenoxy) is 1. The molecular weight excluding hydrogens is 348 g/mol. The van der Waals surface area contributed by atoms with Gasteiger partial charge >= 0.3 is 0 Å². The Labute approximate surface area is 155 Å². The number of hydrogen-bond acceptors (Lipinski definition) is 3. The first-order chi connectivity index (χ1) is 12.7. The minimum atomic E-state index is -0.0467. The maximum absolute atomic E-state index is 6.23. The molecule has 0 fully saturated rings. The molecule has 5 rings (SSSR count). The van der Waals surface area contributed by atoms with Gasteiger partial charge in [0.05, 0.1) is 12.8 Å². The van der Waals surface area contributed by atoms with E-state index in [2.05, 4.69) is 34.3 Å². The fourth-order valence-corrected chi connectivity index (χ4v) is 3.80. The van der Waals surface area contributed by atoms with Crippen LogP contribution >= 0.6 is 11.6 Å². The van der Waals surface area contributed by atoms with E-state index in [9.17, 15) is 0 Å². The monoisotopic (exact) mass is 364 g/mol. The molecule has 1 N–H and O–H groups in total. The van der Waals surface area contributed by atoms with Gasteiger partial charge in [-0.25, -0.2) is 0 Å². The third-order valence-corrected chi connectivity index (χ3v) is 5.14. The summed E-state index contributed by atoms with van der Waals surface area (Å²) in [5.41, 5.74) is 4.28. The van der Waals surface area contributed by atoms with Gasteiger partial charge in [-0.15, -0.1) is 0 Å². The Morgan fingerprint density at radius 3 is 2.96 bits per heavy atom. The van der Waals surface area contributed by atoms with Crippen molar-refractivity contribution in [3.8, 4) is 11.4 Å². The van der Waals surface area contributed by atoms with E-state index in [1.807, 2.05) is 36.4 Å². The summed E-state index contributed by atoms with van der Waals surface area (Å²) >= 11 is 6.23. The molecule has 2 aromatic heterocycles. The first-order valence-electron chi connectivity index (χ1n) is 8.50. The van der Waals surface area contributed by atoms with Gasteiger partial charge in [-0.2, -0.15) is 0 Å². The van der Waals surface area contributed by atoms with Gasteiger partial charge in [-0.05, 0) is 54.1 Å². The van der Waals surface area contributed by atoms with Crippen LogP contribution in [0.5, 0.6) is 5.75 Å². The summed E-state index contributed by atoms with van der Waals surface area (Å²) < 4.78 is 13.7. The number of nitrogens with one attached hydrogen (secondary N) is 1. The molecule has 0 bridgehead atoms. The number of hydrogen-bond donors (Lipinski definition) is 1. The number of furan rings is 1. The van der Waals surface area contributed by atoms with Crippen LogP contribution in [0, 0.1) is 0 Å². The lowest BCUT2D eigenvalue weighted by atomic mass is 10.1.